The van der Waals surface area contributed by atoms with Crippen molar-refractivity contribution in [2.75, 3.05) is 0 Å². The molecule has 1 saturated carbocycles. The summed E-state index contributed by atoms with van der Waals surface area (Å²) in [7, 11) is 0. The third-order valence-electron chi connectivity index (χ3n) is 4.65. The van der Waals surface area contributed by atoms with Gasteiger partial charge in [-0.05, 0) is 63.7 Å². The highest BCUT2D eigenvalue weighted by Gasteiger charge is 2.33. The van der Waals surface area contributed by atoms with Gasteiger partial charge in [-0.15, -0.1) is 0 Å². The molecule has 0 saturated heterocycles. The van der Waals surface area contributed by atoms with Crippen LogP contribution in [0.5, 0.6) is 0 Å². The molecule has 0 aliphatic heterocycles. The highest BCUT2D eigenvalue weighted by molar-refractivity contribution is 5.23. The van der Waals surface area contributed by atoms with E-state index in [0.29, 0.717) is 0 Å². The second-order valence-corrected chi connectivity index (χ2v) is 5.75. The molecule has 2 aliphatic carbocycles. The number of allylic oxidation sites excluding steroid dienone is 3. The van der Waals surface area contributed by atoms with E-state index in [2.05, 4.69) is 27.4 Å². The van der Waals surface area contributed by atoms with Gasteiger partial charge in [0.1, 0.15) is 0 Å². The van der Waals surface area contributed by atoms with Gasteiger partial charge >= 0.3 is 0 Å². The van der Waals surface area contributed by atoms with Gasteiger partial charge in [-0.3, -0.25) is 0 Å². The predicted octanol–water partition coefficient (Wildman–Crippen LogP) is 4.73. The van der Waals surface area contributed by atoms with Crippen LogP contribution in [-0.2, 0) is 0 Å². The summed E-state index contributed by atoms with van der Waals surface area (Å²) >= 11 is 0. The second kappa shape index (κ2) is 4.15. The zero-order valence-electron chi connectivity index (χ0n) is 10.5. The molecule has 0 aromatic rings. The fourth-order valence-corrected chi connectivity index (χ4v) is 3.44. The first-order valence-electron chi connectivity index (χ1n) is 6.43. The molecule has 0 radical (unpaired) electrons. The number of fused-ring (bicyclic) bond motifs is 1. The third-order valence-corrected chi connectivity index (χ3v) is 4.65. The Bertz CT molecular complexity index is 295. The zero-order valence-corrected chi connectivity index (χ0v) is 10.5. The molecule has 0 aromatic heterocycles. The van der Waals surface area contributed by atoms with Crippen LogP contribution in [0.4, 0.5) is 0 Å². The van der Waals surface area contributed by atoms with Crippen molar-refractivity contribution >= 4 is 0 Å². The summed E-state index contributed by atoms with van der Waals surface area (Å²) in [5, 5.41) is 0. The Labute approximate surface area is 94.5 Å². The van der Waals surface area contributed by atoms with E-state index in [9.17, 15) is 0 Å². The molecule has 0 spiro atoms. The summed E-state index contributed by atoms with van der Waals surface area (Å²) in [6.07, 6.45) is 6.83. The van der Waals surface area contributed by atoms with Crippen molar-refractivity contribution in [1.82, 2.24) is 0 Å². The lowest BCUT2D eigenvalue weighted by atomic mass is 9.83. The second-order valence-electron chi connectivity index (χ2n) is 5.75. The number of rotatable bonds is 1. The van der Waals surface area contributed by atoms with Gasteiger partial charge in [0.25, 0.3) is 0 Å². The molecule has 0 heteroatoms. The molecule has 0 amide bonds. The molecule has 15 heavy (non-hydrogen) atoms. The van der Waals surface area contributed by atoms with Crippen molar-refractivity contribution in [1.29, 1.82) is 0 Å². The first kappa shape index (κ1) is 11.0. The molecule has 0 aromatic carbocycles. The highest BCUT2D eigenvalue weighted by Crippen LogP contribution is 2.46. The summed E-state index contributed by atoms with van der Waals surface area (Å²) in [4.78, 5) is 0. The summed E-state index contributed by atoms with van der Waals surface area (Å²) in [5.41, 5.74) is 4.92. The normalized spacial score (nSPS) is 36.3. The van der Waals surface area contributed by atoms with E-state index >= 15 is 0 Å². The van der Waals surface area contributed by atoms with Gasteiger partial charge < -0.3 is 0 Å². The van der Waals surface area contributed by atoms with Gasteiger partial charge in [-0.25, -0.2) is 0 Å². The van der Waals surface area contributed by atoms with E-state index in [4.69, 9.17) is 0 Å². The van der Waals surface area contributed by atoms with E-state index in [1.165, 1.54) is 37.7 Å². The number of hydrogen-bond acceptors (Lipinski definition) is 0. The lowest BCUT2D eigenvalue weighted by Gasteiger charge is -2.22. The van der Waals surface area contributed by atoms with E-state index < -0.39 is 0 Å². The van der Waals surface area contributed by atoms with Gasteiger partial charge in [0, 0.05) is 0 Å². The minimum absolute atomic E-state index is 0.781. The Balaban J connectivity index is 2.21. The van der Waals surface area contributed by atoms with E-state index in [1.807, 2.05) is 5.57 Å². The van der Waals surface area contributed by atoms with Crippen molar-refractivity contribution in [3.05, 3.63) is 23.3 Å². The Morgan fingerprint density at radius 2 is 2.00 bits per heavy atom. The fraction of sp³-hybridized carbons (Fsp3) is 0.733. The van der Waals surface area contributed by atoms with Gasteiger partial charge in [-0.1, -0.05) is 30.2 Å². The summed E-state index contributed by atoms with van der Waals surface area (Å²) in [6, 6.07) is 0. The maximum atomic E-state index is 4.17. The number of hydrogen-bond donors (Lipinski definition) is 0. The molecule has 0 N–H and O–H groups in total. The van der Waals surface area contributed by atoms with Crippen LogP contribution in [0.25, 0.3) is 0 Å². The molecule has 2 aliphatic rings. The quantitative estimate of drug-likeness (QED) is 0.542. The van der Waals surface area contributed by atoms with E-state index in [0.717, 1.165) is 17.8 Å². The average Bonchev–Trinajstić information content (AvgIpc) is 2.43. The standard InChI is InChI=1S/C15H24/c1-10(2)13-7-5-11(3)14-8-6-12(4)15(14)9-13/h12-13,15H,1,5-9H2,2-4H3/t12-,13+,15+/m0/s1. The Morgan fingerprint density at radius 3 is 2.67 bits per heavy atom. The molecule has 1 fully saturated rings. The maximum Gasteiger partial charge on any atom is -0.0169 e. The third kappa shape index (κ3) is 2.04. The van der Waals surface area contributed by atoms with Crippen molar-refractivity contribution in [3.8, 4) is 0 Å². The predicted molar refractivity (Wildman–Crippen MR) is 66.7 cm³/mol. The van der Waals surface area contributed by atoms with Crippen LogP contribution in [0, 0.1) is 17.8 Å². The maximum absolute atomic E-state index is 4.17. The lowest BCUT2D eigenvalue weighted by Crippen LogP contribution is -2.11. The smallest absolute Gasteiger partial charge is 0.0169 e. The molecular formula is C15H24. The van der Waals surface area contributed by atoms with Crippen LogP contribution in [0.2, 0.25) is 0 Å². The molecule has 0 bridgehead atoms. The van der Waals surface area contributed by atoms with Crippen LogP contribution >= 0.6 is 0 Å². The van der Waals surface area contributed by atoms with E-state index in [-0.39, 0.29) is 0 Å². The van der Waals surface area contributed by atoms with Crippen LogP contribution in [0.1, 0.15) is 52.9 Å². The first-order chi connectivity index (χ1) is 7.09. The Hall–Kier alpha value is -0.520. The topological polar surface area (TPSA) is 0 Å². The minimum atomic E-state index is 0.781. The minimum Gasteiger partial charge on any atom is -0.0999 e. The molecule has 2 rings (SSSR count). The average molecular weight is 204 g/mol. The van der Waals surface area contributed by atoms with Gasteiger partial charge in [0.2, 0.25) is 0 Å². The Kier molecular flexibility index (Phi) is 3.04. The van der Waals surface area contributed by atoms with Crippen molar-refractivity contribution in [3.63, 3.8) is 0 Å². The highest BCUT2D eigenvalue weighted by atomic mass is 14.4. The van der Waals surface area contributed by atoms with Gasteiger partial charge in [-0.2, -0.15) is 0 Å². The van der Waals surface area contributed by atoms with E-state index in [1.54, 1.807) is 5.57 Å². The van der Waals surface area contributed by atoms with Crippen LogP contribution in [0.15, 0.2) is 23.3 Å². The van der Waals surface area contributed by atoms with Crippen LogP contribution < -0.4 is 0 Å². The molecule has 0 nitrogen and oxygen atoms in total. The first-order valence-corrected chi connectivity index (χ1v) is 6.43. The molecule has 0 unspecified atom stereocenters. The van der Waals surface area contributed by atoms with Crippen molar-refractivity contribution < 1.29 is 0 Å². The molecule has 3 atom stereocenters. The van der Waals surface area contributed by atoms with Gasteiger partial charge in [0.05, 0.1) is 0 Å². The summed E-state index contributed by atoms with van der Waals surface area (Å²) in [5.74, 6) is 2.58. The monoisotopic (exact) mass is 204 g/mol. The zero-order chi connectivity index (χ0) is 11.0. The van der Waals surface area contributed by atoms with Crippen molar-refractivity contribution in [2.45, 2.75) is 52.9 Å². The Morgan fingerprint density at radius 1 is 1.27 bits per heavy atom. The molecule has 84 valence electrons. The van der Waals surface area contributed by atoms with Gasteiger partial charge in [0.15, 0.2) is 0 Å². The summed E-state index contributed by atoms with van der Waals surface area (Å²) < 4.78 is 0. The van der Waals surface area contributed by atoms with Crippen LogP contribution in [0.3, 0.4) is 0 Å². The van der Waals surface area contributed by atoms with Crippen molar-refractivity contribution in [2.24, 2.45) is 17.8 Å². The SMILES string of the molecule is C=C(C)[C@@H]1CCC(C)=C2CC[C@H](C)[C@H]2C1. The lowest BCUT2D eigenvalue weighted by molar-refractivity contribution is 0.374. The molecular weight excluding hydrogens is 180 g/mol. The molecule has 0 heterocycles. The van der Waals surface area contributed by atoms with Crippen LogP contribution in [-0.4, -0.2) is 0 Å². The largest absolute Gasteiger partial charge is 0.0999 e. The summed E-state index contributed by atoms with van der Waals surface area (Å²) in [6.45, 7) is 11.2. The fourth-order valence-electron chi connectivity index (χ4n) is 3.44.